The number of likely N-dealkylation sites (N-methyl/N-ethyl adjacent to an activating group) is 1. The van der Waals surface area contributed by atoms with E-state index in [1.54, 1.807) is 36.4 Å². The van der Waals surface area contributed by atoms with Gasteiger partial charge in [0.15, 0.2) is 0 Å². The second-order valence-corrected chi connectivity index (χ2v) is 7.54. The lowest BCUT2D eigenvalue weighted by molar-refractivity contribution is 0.0611. The molecule has 1 atom stereocenters. The van der Waals surface area contributed by atoms with Crippen molar-refractivity contribution in [2.24, 2.45) is 5.73 Å². The van der Waals surface area contributed by atoms with E-state index in [0.29, 0.717) is 29.7 Å². The normalized spacial score (nSPS) is 14.5. The quantitative estimate of drug-likeness (QED) is 0.780. The monoisotopic (exact) mass is 379 g/mol. The number of benzene rings is 2. The number of primary amides is 1. The Morgan fingerprint density at radius 2 is 1.54 bits per heavy atom. The van der Waals surface area contributed by atoms with Gasteiger partial charge in [0.2, 0.25) is 5.91 Å². The topological polar surface area (TPSA) is 83.7 Å². The first-order valence-electron chi connectivity index (χ1n) is 9.22. The fourth-order valence-corrected chi connectivity index (χ4v) is 3.72. The van der Waals surface area contributed by atoms with Gasteiger partial charge in [-0.05, 0) is 75.3 Å². The summed E-state index contributed by atoms with van der Waals surface area (Å²) in [5.74, 6) is -0.942. The van der Waals surface area contributed by atoms with Crippen molar-refractivity contribution in [2.75, 3.05) is 20.6 Å². The average molecular weight is 379 g/mol. The lowest BCUT2D eigenvalue weighted by Crippen LogP contribution is -2.44. The van der Waals surface area contributed by atoms with E-state index in [1.165, 1.54) is 4.90 Å². The predicted molar refractivity (Wildman–Crippen MR) is 107 cm³/mol. The molecule has 1 heterocycles. The van der Waals surface area contributed by atoms with E-state index in [-0.39, 0.29) is 17.9 Å². The van der Waals surface area contributed by atoms with Crippen LogP contribution in [-0.2, 0) is 6.42 Å². The molecule has 3 amide bonds. The molecule has 0 bridgehead atoms. The molecule has 28 heavy (non-hydrogen) atoms. The average Bonchev–Trinajstić information content (AvgIpc) is 2.88. The Labute approximate surface area is 164 Å². The molecule has 2 aromatic carbocycles. The molecule has 0 saturated carbocycles. The van der Waals surface area contributed by atoms with E-state index in [9.17, 15) is 14.4 Å². The third kappa shape index (κ3) is 3.55. The Hall–Kier alpha value is -2.99. The van der Waals surface area contributed by atoms with Gasteiger partial charge in [0, 0.05) is 18.2 Å². The summed E-state index contributed by atoms with van der Waals surface area (Å²) >= 11 is 0. The lowest BCUT2D eigenvalue weighted by Gasteiger charge is -2.29. The van der Waals surface area contributed by atoms with Gasteiger partial charge in [0.25, 0.3) is 11.8 Å². The van der Waals surface area contributed by atoms with Crippen molar-refractivity contribution >= 4 is 17.7 Å². The molecule has 6 heteroatoms. The van der Waals surface area contributed by atoms with Gasteiger partial charge in [-0.3, -0.25) is 19.3 Å². The van der Waals surface area contributed by atoms with Crippen LogP contribution in [0.5, 0.6) is 0 Å². The zero-order valence-electron chi connectivity index (χ0n) is 16.7. The number of nitrogens with two attached hydrogens (primary N) is 1. The molecule has 1 aliphatic heterocycles. The Bertz CT molecular complexity index is 907. The van der Waals surface area contributed by atoms with Gasteiger partial charge in [-0.2, -0.15) is 0 Å². The van der Waals surface area contributed by atoms with Gasteiger partial charge in [-0.15, -0.1) is 0 Å². The minimum Gasteiger partial charge on any atom is -0.366 e. The Kier molecular flexibility index (Phi) is 5.34. The second-order valence-electron chi connectivity index (χ2n) is 7.54. The van der Waals surface area contributed by atoms with E-state index >= 15 is 0 Å². The number of rotatable bonds is 6. The van der Waals surface area contributed by atoms with Crippen LogP contribution in [0.2, 0.25) is 0 Å². The van der Waals surface area contributed by atoms with Crippen molar-refractivity contribution in [3.05, 3.63) is 69.8 Å². The molecule has 0 saturated heterocycles. The van der Waals surface area contributed by atoms with Crippen LogP contribution in [0.3, 0.4) is 0 Å². The summed E-state index contributed by atoms with van der Waals surface area (Å²) in [5, 5.41) is 0. The second kappa shape index (κ2) is 7.56. The van der Waals surface area contributed by atoms with Crippen molar-refractivity contribution in [3.63, 3.8) is 0 Å². The third-order valence-corrected chi connectivity index (χ3v) is 5.42. The predicted octanol–water partition coefficient (Wildman–Crippen LogP) is 2.17. The molecule has 146 valence electrons. The number of nitrogens with zero attached hydrogens (tertiary/aromatic N) is 2. The van der Waals surface area contributed by atoms with Crippen LogP contribution >= 0.6 is 0 Å². The number of carbonyl (C=O) groups excluding carboxylic acids is 3. The SMILES string of the molecule is Cc1cc(C(N)=O)cc(C)c1C[C@@H](CN1C(=O)c2ccccc2C1=O)N(C)C. The highest BCUT2D eigenvalue weighted by Gasteiger charge is 2.36. The van der Waals surface area contributed by atoms with Crippen LogP contribution in [0.1, 0.15) is 47.8 Å². The standard InChI is InChI=1S/C22H25N3O3/c1-13-9-15(20(23)26)10-14(2)19(13)11-16(24(3)4)12-25-21(27)17-7-5-6-8-18(17)22(25)28/h5-10,16H,11-12H2,1-4H3,(H2,23,26)/t16-/m0/s1. The largest absolute Gasteiger partial charge is 0.366 e. The number of aryl methyl sites for hydroxylation is 2. The summed E-state index contributed by atoms with van der Waals surface area (Å²) in [6.45, 7) is 4.20. The Balaban J connectivity index is 1.86. The molecule has 0 radical (unpaired) electrons. The first-order chi connectivity index (χ1) is 13.2. The van der Waals surface area contributed by atoms with Crippen LogP contribution in [0.15, 0.2) is 36.4 Å². The van der Waals surface area contributed by atoms with Crippen LogP contribution in [0, 0.1) is 13.8 Å². The van der Waals surface area contributed by atoms with Crippen molar-refractivity contribution < 1.29 is 14.4 Å². The van der Waals surface area contributed by atoms with Gasteiger partial charge >= 0.3 is 0 Å². The summed E-state index contributed by atoms with van der Waals surface area (Å²) in [6.07, 6.45) is 0.650. The molecule has 1 aliphatic rings. The van der Waals surface area contributed by atoms with Crippen molar-refractivity contribution in [2.45, 2.75) is 26.3 Å². The maximum Gasteiger partial charge on any atom is 0.261 e. The van der Waals surface area contributed by atoms with E-state index in [2.05, 4.69) is 0 Å². The fourth-order valence-electron chi connectivity index (χ4n) is 3.72. The molecule has 3 rings (SSSR count). The summed E-state index contributed by atoms with van der Waals surface area (Å²) < 4.78 is 0. The molecule has 0 fully saturated rings. The molecule has 0 spiro atoms. The highest BCUT2D eigenvalue weighted by Crippen LogP contribution is 2.25. The first-order valence-corrected chi connectivity index (χ1v) is 9.22. The Morgan fingerprint density at radius 3 is 1.96 bits per heavy atom. The first kappa shape index (κ1) is 19.8. The number of hydrogen-bond donors (Lipinski definition) is 1. The van der Waals surface area contributed by atoms with Crippen molar-refractivity contribution in [1.82, 2.24) is 9.80 Å². The summed E-state index contributed by atoms with van der Waals surface area (Å²) in [6, 6.07) is 10.4. The summed E-state index contributed by atoms with van der Waals surface area (Å²) in [7, 11) is 3.87. The van der Waals surface area contributed by atoms with E-state index in [4.69, 9.17) is 5.73 Å². The minimum atomic E-state index is -0.451. The highest BCUT2D eigenvalue weighted by atomic mass is 16.2. The maximum atomic E-state index is 12.7. The van der Waals surface area contributed by atoms with Crippen LogP contribution in [0.4, 0.5) is 0 Å². The number of hydrogen-bond acceptors (Lipinski definition) is 4. The molecular formula is C22H25N3O3. The molecule has 0 aliphatic carbocycles. The maximum absolute atomic E-state index is 12.7. The summed E-state index contributed by atoms with van der Waals surface area (Å²) in [5.41, 5.74) is 9.86. The zero-order chi connectivity index (χ0) is 20.6. The molecule has 2 N–H and O–H groups in total. The van der Waals surface area contributed by atoms with Crippen LogP contribution in [0.25, 0.3) is 0 Å². The zero-order valence-corrected chi connectivity index (χ0v) is 16.7. The number of fused-ring (bicyclic) bond motifs is 1. The fraction of sp³-hybridized carbons (Fsp3) is 0.318. The molecular weight excluding hydrogens is 354 g/mol. The van der Waals surface area contributed by atoms with Gasteiger partial charge in [0.05, 0.1) is 11.1 Å². The van der Waals surface area contributed by atoms with Crippen molar-refractivity contribution in [1.29, 1.82) is 0 Å². The highest BCUT2D eigenvalue weighted by molar-refractivity contribution is 6.21. The molecule has 2 aromatic rings. The number of imide groups is 1. The van der Waals surface area contributed by atoms with Crippen LogP contribution in [-0.4, -0.2) is 54.2 Å². The van der Waals surface area contributed by atoms with Gasteiger partial charge in [0.1, 0.15) is 0 Å². The van der Waals surface area contributed by atoms with E-state index < -0.39 is 5.91 Å². The van der Waals surface area contributed by atoms with Gasteiger partial charge in [-0.25, -0.2) is 0 Å². The molecule has 0 unspecified atom stereocenters. The van der Waals surface area contributed by atoms with Crippen molar-refractivity contribution in [3.8, 4) is 0 Å². The minimum absolute atomic E-state index is 0.0564. The molecule has 6 nitrogen and oxygen atoms in total. The smallest absolute Gasteiger partial charge is 0.261 e. The number of carbonyl (C=O) groups is 3. The summed E-state index contributed by atoms with van der Waals surface area (Å²) in [4.78, 5) is 40.3. The third-order valence-electron chi connectivity index (χ3n) is 5.42. The van der Waals surface area contributed by atoms with E-state index in [0.717, 1.165) is 16.7 Å². The Morgan fingerprint density at radius 1 is 1.04 bits per heavy atom. The van der Waals surface area contributed by atoms with E-state index in [1.807, 2.05) is 32.8 Å². The number of amides is 3. The lowest BCUT2D eigenvalue weighted by atomic mass is 9.93. The van der Waals surface area contributed by atoms with Gasteiger partial charge < -0.3 is 10.6 Å². The molecule has 0 aromatic heterocycles. The van der Waals surface area contributed by atoms with Gasteiger partial charge in [-0.1, -0.05) is 12.1 Å². The van der Waals surface area contributed by atoms with Crippen LogP contribution < -0.4 is 5.73 Å².